The zero-order valence-corrected chi connectivity index (χ0v) is 14.4. The lowest BCUT2D eigenvalue weighted by molar-refractivity contribution is 0.0727. The van der Waals surface area contributed by atoms with Crippen LogP contribution in [0.4, 0.5) is 10.2 Å². The molecule has 2 atom stereocenters. The first-order valence-electron chi connectivity index (χ1n) is 9.06. The van der Waals surface area contributed by atoms with Crippen molar-refractivity contribution >= 4 is 5.82 Å². The summed E-state index contributed by atoms with van der Waals surface area (Å²) in [5.41, 5.74) is 0. The van der Waals surface area contributed by atoms with Crippen LogP contribution < -0.4 is 9.64 Å². The molecule has 132 valence electrons. The molecule has 2 aliphatic heterocycles. The predicted molar refractivity (Wildman–Crippen MR) is 96.4 cm³/mol. The van der Waals surface area contributed by atoms with Crippen LogP contribution in [0.2, 0.25) is 0 Å². The lowest BCUT2D eigenvalue weighted by Gasteiger charge is -2.46. The smallest absolute Gasteiger partial charge is 0.128 e. The van der Waals surface area contributed by atoms with E-state index in [0.717, 1.165) is 37.7 Å². The maximum absolute atomic E-state index is 13.0. The molecule has 5 heteroatoms. The second-order valence-corrected chi connectivity index (χ2v) is 6.99. The molecule has 0 aliphatic carbocycles. The number of nitrogens with zero attached hydrogens (tertiary/aromatic N) is 3. The predicted octanol–water partition coefficient (Wildman–Crippen LogP) is 3.20. The molecule has 0 radical (unpaired) electrons. The van der Waals surface area contributed by atoms with Gasteiger partial charge >= 0.3 is 0 Å². The molecule has 1 aromatic carbocycles. The maximum atomic E-state index is 13.0. The number of piperidine rings is 1. The van der Waals surface area contributed by atoms with Crippen LogP contribution in [0.3, 0.4) is 0 Å². The first-order valence-corrected chi connectivity index (χ1v) is 9.06. The Morgan fingerprint density at radius 2 is 1.92 bits per heavy atom. The lowest BCUT2D eigenvalue weighted by Crippen LogP contribution is -2.57. The minimum absolute atomic E-state index is 0.223. The van der Waals surface area contributed by atoms with Crippen LogP contribution in [0.15, 0.2) is 48.7 Å². The van der Waals surface area contributed by atoms with Gasteiger partial charge in [0.1, 0.15) is 17.4 Å². The Morgan fingerprint density at radius 3 is 2.72 bits per heavy atom. The summed E-state index contributed by atoms with van der Waals surface area (Å²) in [6.07, 6.45) is 4.24. The van der Waals surface area contributed by atoms with Crippen molar-refractivity contribution in [2.45, 2.75) is 18.9 Å². The molecule has 4 rings (SSSR count). The van der Waals surface area contributed by atoms with Gasteiger partial charge in [0.25, 0.3) is 0 Å². The number of benzene rings is 1. The fourth-order valence-corrected chi connectivity index (χ4v) is 3.89. The Kier molecular flexibility index (Phi) is 4.83. The molecule has 1 unspecified atom stereocenters. The Bertz CT molecular complexity index is 679. The highest BCUT2D eigenvalue weighted by Gasteiger charge is 2.33. The van der Waals surface area contributed by atoms with Crippen LogP contribution in [0, 0.1) is 11.7 Å². The van der Waals surface area contributed by atoms with Crippen LogP contribution >= 0.6 is 0 Å². The second kappa shape index (κ2) is 7.40. The molecule has 2 aliphatic rings. The van der Waals surface area contributed by atoms with Gasteiger partial charge in [-0.05, 0) is 49.2 Å². The standard InChI is InChI=1S/C20H24FN3O/c21-17-5-8-19(9-6-17)25-15-16-4-7-18-14-24(12-11-23(18)13-16)20-3-1-2-10-22-20/h1-3,5-6,8-10,16,18H,4,7,11-15H2/t16-,18?/m1/s1. The summed E-state index contributed by atoms with van der Waals surface area (Å²) in [6, 6.07) is 13.0. The maximum Gasteiger partial charge on any atom is 0.128 e. The largest absolute Gasteiger partial charge is 0.493 e. The average Bonchev–Trinajstić information content (AvgIpc) is 2.68. The highest BCUT2D eigenvalue weighted by atomic mass is 19.1. The number of halogens is 1. The molecular weight excluding hydrogens is 317 g/mol. The first-order chi connectivity index (χ1) is 12.3. The van der Waals surface area contributed by atoms with Crippen molar-refractivity contribution in [1.82, 2.24) is 9.88 Å². The Hall–Kier alpha value is -2.14. The molecule has 3 heterocycles. The molecular formula is C20H24FN3O. The van der Waals surface area contributed by atoms with E-state index in [1.165, 1.54) is 25.0 Å². The van der Waals surface area contributed by atoms with Crippen molar-refractivity contribution in [3.8, 4) is 5.75 Å². The van der Waals surface area contributed by atoms with Gasteiger partial charge in [0.05, 0.1) is 6.61 Å². The van der Waals surface area contributed by atoms with E-state index in [9.17, 15) is 4.39 Å². The molecule has 1 aromatic heterocycles. The number of ether oxygens (including phenoxy) is 1. The molecule has 0 N–H and O–H groups in total. The summed E-state index contributed by atoms with van der Waals surface area (Å²) in [5, 5.41) is 0. The monoisotopic (exact) mass is 341 g/mol. The second-order valence-electron chi connectivity index (χ2n) is 6.99. The summed E-state index contributed by atoms with van der Waals surface area (Å²) < 4.78 is 18.8. The van der Waals surface area contributed by atoms with Gasteiger partial charge in [-0.3, -0.25) is 4.90 Å². The lowest BCUT2D eigenvalue weighted by atomic mass is 9.91. The Balaban J connectivity index is 1.29. The molecule has 2 saturated heterocycles. The van der Waals surface area contributed by atoms with Gasteiger partial charge in [0, 0.05) is 44.3 Å². The molecule has 4 nitrogen and oxygen atoms in total. The summed E-state index contributed by atoms with van der Waals surface area (Å²) in [4.78, 5) is 9.48. The normalized spacial score (nSPS) is 24.0. The fourth-order valence-electron chi connectivity index (χ4n) is 3.89. The molecule has 2 aromatic rings. The van der Waals surface area contributed by atoms with Gasteiger partial charge in [-0.2, -0.15) is 0 Å². The summed E-state index contributed by atoms with van der Waals surface area (Å²) in [6.45, 7) is 4.95. The van der Waals surface area contributed by atoms with E-state index in [4.69, 9.17) is 4.74 Å². The number of anilines is 1. The van der Waals surface area contributed by atoms with Crippen molar-refractivity contribution in [3.05, 3.63) is 54.5 Å². The minimum atomic E-state index is -0.223. The highest BCUT2D eigenvalue weighted by Crippen LogP contribution is 2.27. The topological polar surface area (TPSA) is 28.6 Å². The van der Waals surface area contributed by atoms with Gasteiger partial charge < -0.3 is 9.64 Å². The van der Waals surface area contributed by atoms with E-state index >= 15 is 0 Å². The van der Waals surface area contributed by atoms with E-state index in [2.05, 4.69) is 26.9 Å². The zero-order chi connectivity index (χ0) is 17.1. The number of piperazine rings is 1. The van der Waals surface area contributed by atoms with Crippen LogP contribution in [-0.2, 0) is 0 Å². The fraction of sp³-hybridized carbons (Fsp3) is 0.450. The van der Waals surface area contributed by atoms with Gasteiger partial charge in [-0.25, -0.2) is 9.37 Å². The van der Waals surface area contributed by atoms with Crippen molar-refractivity contribution in [2.75, 3.05) is 37.7 Å². The zero-order valence-electron chi connectivity index (χ0n) is 14.4. The molecule has 2 fully saturated rings. The molecule has 0 spiro atoms. The van der Waals surface area contributed by atoms with Crippen molar-refractivity contribution in [1.29, 1.82) is 0 Å². The quantitative estimate of drug-likeness (QED) is 0.854. The Morgan fingerprint density at radius 1 is 1.04 bits per heavy atom. The molecule has 0 bridgehead atoms. The van der Waals surface area contributed by atoms with Crippen LogP contribution in [0.5, 0.6) is 5.75 Å². The van der Waals surface area contributed by atoms with Crippen LogP contribution in [0.1, 0.15) is 12.8 Å². The summed E-state index contributed by atoms with van der Waals surface area (Å²) >= 11 is 0. The summed E-state index contributed by atoms with van der Waals surface area (Å²) in [5.74, 6) is 2.16. The van der Waals surface area contributed by atoms with Crippen LogP contribution in [-0.4, -0.2) is 48.7 Å². The van der Waals surface area contributed by atoms with E-state index in [1.54, 1.807) is 12.1 Å². The van der Waals surface area contributed by atoms with Crippen molar-refractivity contribution in [3.63, 3.8) is 0 Å². The van der Waals surface area contributed by atoms with Crippen molar-refractivity contribution < 1.29 is 9.13 Å². The van der Waals surface area contributed by atoms with E-state index in [-0.39, 0.29) is 5.82 Å². The first kappa shape index (κ1) is 16.3. The number of pyridine rings is 1. The van der Waals surface area contributed by atoms with E-state index in [1.807, 2.05) is 12.3 Å². The van der Waals surface area contributed by atoms with Crippen LogP contribution in [0.25, 0.3) is 0 Å². The number of hydrogen-bond donors (Lipinski definition) is 0. The Labute approximate surface area is 148 Å². The van der Waals surface area contributed by atoms with Gasteiger partial charge in [-0.1, -0.05) is 6.07 Å². The number of fused-ring (bicyclic) bond motifs is 1. The van der Waals surface area contributed by atoms with Gasteiger partial charge in [0.15, 0.2) is 0 Å². The molecule has 0 saturated carbocycles. The van der Waals surface area contributed by atoms with Crippen molar-refractivity contribution in [2.24, 2.45) is 5.92 Å². The third-order valence-electron chi connectivity index (χ3n) is 5.28. The number of aromatic nitrogens is 1. The number of rotatable bonds is 4. The van der Waals surface area contributed by atoms with Gasteiger partial charge in [-0.15, -0.1) is 0 Å². The van der Waals surface area contributed by atoms with E-state index < -0.39 is 0 Å². The SMILES string of the molecule is Fc1ccc(OC[C@@H]2CCC3CN(c4ccccn4)CCN3C2)cc1. The highest BCUT2D eigenvalue weighted by molar-refractivity contribution is 5.38. The number of hydrogen-bond acceptors (Lipinski definition) is 4. The third kappa shape index (κ3) is 3.93. The molecule has 0 amide bonds. The average molecular weight is 341 g/mol. The molecule has 25 heavy (non-hydrogen) atoms. The third-order valence-corrected chi connectivity index (χ3v) is 5.28. The summed E-state index contributed by atoms with van der Waals surface area (Å²) in [7, 11) is 0. The van der Waals surface area contributed by atoms with E-state index in [0.29, 0.717) is 18.6 Å². The minimum Gasteiger partial charge on any atom is -0.493 e. The van der Waals surface area contributed by atoms with Gasteiger partial charge in [0.2, 0.25) is 0 Å².